The zero-order valence-electron chi connectivity index (χ0n) is 17.9. The zero-order valence-corrected chi connectivity index (χ0v) is 18.7. The Morgan fingerprint density at radius 1 is 1.23 bits per heavy atom. The highest BCUT2D eigenvalue weighted by Gasteiger charge is 2.41. The minimum Gasteiger partial charge on any atom is -0.355 e. The first-order valence-corrected chi connectivity index (χ1v) is 12.4. The Morgan fingerprint density at radius 2 is 1.97 bits per heavy atom. The average molecular weight is 445 g/mol. The van der Waals surface area contributed by atoms with E-state index in [2.05, 4.69) is 10.4 Å². The predicted molar refractivity (Wildman–Crippen MR) is 117 cm³/mol. The van der Waals surface area contributed by atoms with Crippen molar-refractivity contribution in [3.63, 3.8) is 0 Å². The lowest BCUT2D eigenvalue weighted by Gasteiger charge is -2.22. The summed E-state index contributed by atoms with van der Waals surface area (Å²) < 4.78 is 25.3. The number of likely N-dealkylation sites (tertiary alicyclic amines) is 1. The molecule has 31 heavy (non-hydrogen) atoms. The largest absolute Gasteiger partial charge is 0.355 e. The normalized spacial score (nSPS) is 22.8. The molecule has 1 aromatic heterocycles. The molecule has 2 atom stereocenters. The summed E-state index contributed by atoms with van der Waals surface area (Å²) in [4.78, 5) is 26.4. The van der Waals surface area contributed by atoms with Crippen molar-refractivity contribution in [2.75, 3.05) is 24.6 Å². The topological polar surface area (TPSA) is 101 Å². The van der Waals surface area contributed by atoms with Crippen LogP contribution in [0.15, 0.2) is 30.3 Å². The number of carbonyl (C=O) groups excluding carboxylic acids is 2. The fraction of sp³-hybridized carbons (Fsp3) is 0.500. The molecule has 1 aromatic carbocycles. The molecule has 0 bridgehead atoms. The lowest BCUT2D eigenvalue weighted by Crippen LogP contribution is -2.39. The van der Waals surface area contributed by atoms with Gasteiger partial charge in [-0.15, -0.1) is 0 Å². The molecule has 2 aromatic rings. The van der Waals surface area contributed by atoms with E-state index in [1.165, 1.54) is 0 Å². The number of carbonyl (C=O) groups is 2. The first-order chi connectivity index (χ1) is 14.7. The maximum Gasteiger partial charge on any atom is 0.225 e. The number of aromatic nitrogens is 2. The van der Waals surface area contributed by atoms with Gasteiger partial charge in [0.2, 0.25) is 11.8 Å². The summed E-state index contributed by atoms with van der Waals surface area (Å²) in [5.74, 6) is -0.542. The standard InChI is InChI=1S/C22H28N4O4S/c1-15-11-16(2)26(24-15)19-5-3-17(4-6-19)7-9-23-22(28)18-12-21(27)25(13-18)20-8-10-31(29,30)14-20/h3-6,11,18,20H,7-10,12-14H2,1-2H3,(H,23,28)/t18-,20-/m0/s1. The minimum atomic E-state index is -3.06. The molecule has 166 valence electrons. The average Bonchev–Trinajstić information content (AvgIpc) is 3.38. The molecule has 0 radical (unpaired) electrons. The third kappa shape index (κ3) is 4.81. The molecule has 3 heterocycles. The number of benzene rings is 1. The molecule has 1 N–H and O–H groups in total. The van der Waals surface area contributed by atoms with Gasteiger partial charge in [0.05, 0.1) is 28.8 Å². The molecule has 2 aliphatic heterocycles. The van der Waals surface area contributed by atoms with E-state index < -0.39 is 15.8 Å². The van der Waals surface area contributed by atoms with Crippen molar-refractivity contribution in [3.05, 3.63) is 47.3 Å². The van der Waals surface area contributed by atoms with E-state index in [0.29, 0.717) is 25.9 Å². The molecular formula is C22H28N4O4S. The molecule has 2 fully saturated rings. The van der Waals surface area contributed by atoms with E-state index in [1.54, 1.807) is 4.90 Å². The zero-order chi connectivity index (χ0) is 22.2. The van der Waals surface area contributed by atoms with Crippen LogP contribution >= 0.6 is 0 Å². The van der Waals surface area contributed by atoms with E-state index in [1.807, 2.05) is 48.9 Å². The van der Waals surface area contributed by atoms with Crippen molar-refractivity contribution < 1.29 is 18.0 Å². The number of sulfone groups is 1. The van der Waals surface area contributed by atoms with E-state index in [4.69, 9.17) is 0 Å². The van der Waals surface area contributed by atoms with Gasteiger partial charge in [0.25, 0.3) is 0 Å². The van der Waals surface area contributed by atoms with Crippen LogP contribution in [-0.2, 0) is 25.8 Å². The molecule has 2 amide bonds. The van der Waals surface area contributed by atoms with Gasteiger partial charge >= 0.3 is 0 Å². The van der Waals surface area contributed by atoms with Crippen LogP contribution in [0, 0.1) is 19.8 Å². The molecular weight excluding hydrogens is 416 g/mol. The summed E-state index contributed by atoms with van der Waals surface area (Å²) in [5, 5.41) is 7.41. The molecule has 9 heteroatoms. The highest BCUT2D eigenvalue weighted by molar-refractivity contribution is 7.91. The van der Waals surface area contributed by atoms with Gasteiger partial charge in [-0.25, -0.2) is 13.1 Å². The maximum atomic E-state index is 12.5. The number of rotatable bonds is 6. The third-order valence-electron chi connectivity index (χ3n) is 6.08. The highest BCUT2D eigenvalue weighted by atomic mass is 32.2. The van der Waals surface area contributed by atoms with Gasteiger partial charge in [0, 0.05) is 31.2 Å². The monoisotopic (exact) mass is 444 g/mol. The summed E-state index contributed by atoms with van der Waals surface area (Å²) in [6.45, 7) is 4.78. The highest BCUT2D eigenvalue weighted by Crippen LogP contribution is 2.26. The van der Waals surface area contributed by atoms with Crippen molar-refractivity contribution in [1.29, 1.82) is 0 Å². The van der Waals surface area contributed by atoms with Crippen LogP contribution in [0.2, 0.25) is 0 Å². The number of hydrogen-bond acceptors (Lipinski definition) is 5. The number of aryl methyl sites for hydroxylation is 2. The van der Waals surface area contributed by atoms with Crippen LogP contribution in [0.1, 0.15) is 29.8 Å². The third-order valence-corrected chi connectivity index (χ3v) is 7.83. The quantitative estimate of drug-likeness (QED) is 0.721. The van der Waals surface area contributed by atoms with Gasteiger partial charge in [-0.3, -0.25) is 9.59 Å². The van der Waals surface area contributed by atoms with E-state index >= 15 is 0 Å². The van der Waals surface area contributed by atoms with Crippen LogP contribution in [0.4, 0.5) is 0 Å². The maximum absolute atomic E-state index is 12.5. The summed E-state index contributed by atoms with van der Waals surface area (Å²) >= 11 is 0. The molecule has 0 aliphatic carbocycles. The van der Waals surface area contributed by atoms with Crippen LogP contribution in [-0.4, -0.2) is 65.5 Å². The van der Waals surface area contributed by atoms with Crippen LogP contribution < -0.4 is 5.32 Å². The van der Waals surface area contributed by atoms with Crippen molar-refractivity contribution in [3.8, 4) is 5.69 Å². The van der Waals surface area contributed by atoms with Crippen molar-refractivity contribution in [2.24, 2.45) is 5.92 Å². The Balaban J connectivity index is 1.27. The smallest absolute Gasteiger partial charge is 0.225 e. The SMILES string of the molecule is Cc1cc(C)n(-c2ccc(CCNC(=O)[C@H]3CC(=O)N([C@H]4CCS(=O)(=O)C4)C3)cc2)n1. The van der Waals surface area contributed by atoms with E-state index in [-0.39, 0.29) is 35.8 Å². The van der Waals surface area contributed by atoms with Crippen LogP contribution in [0.3, 0.4) is 0 Å². The summed E-state index contributed by atoms with van der Waals surface area (Å²) in [6.07, 6.45) is 1.31. The second kappa shape index (κ2) is 8.45. The first kappa shape index (κ1) is 21.5. The van der Waals surface area contributed by atoms with Crippen LogP contribution in [0.5, 0.6) is 0 Å². The molecule has 0 unspecified atom stereocenters. The fourth-order valence-electron chi connectivity index (χ4n) is 4.45. The molecule has 4 rings (SSSR count). The van der Waals surface area contributed by atoms with E-state index in [9.17, 15) is 18.0 Å². The number of hydrogen-bond donors (Lipinski definition) is 1. The molecule has 2 saturated heterocycles. The Kier molecular flexibility index (Phi) is 5.88. The second-order valence-corrected chi connectivity index (χ2v) is 10.8. The molecule has 2 aliphatic rings. The van der Waals surface area contributed by atoms with Gasteiger partial charge < -0.3 is 10.2 Å². The van der Waals surface area contributed by atoms with E-state index in [0.717, 1.165) is 22.6 Å². The second-order valence-electron chi connectivity index (χ2n) is 8.55. The summed E-state index contributed by atoms with van der Waals surface area (Å²) in [7, 11) is -3.06. The summed E-state index contributed by atoms with van der Waals surface area (Å²) in [6, 6.07) is 9.83. The Bertz CT molecular complexity index is 1090. The Hall–Kier alpha value is -2.68. The first-order valence-electron chi connectivity index (χ1n) is 10.6. The number of amides is 2. The Labute approximate surface area is 182 Å². The lowest BCUT2D eigenvalue weighted by molar-refractivity contribution is -0.130. The van der Waals surface area contributed by atoms with Crippen molar-refractivity contribution >= 4 is 21.7 Å². The van der Waals surface area contributed by atoms with Gasteiger partial charge in [-0.05, 0) is 50.5 Å². The van der Waals surface area contributed by atoms with Crippen molar-refractivity contribution in [2.45, 2.75) is 39.2 Å². The number of nitrogens with one attached hydrogen (secondary N) is 1. The molecule has 0 spiro atoms. The van der Waals surface area contributed by atoms with Crippen molar-refractivity contribution in [1.82, 2.24) is 20.0 Å². The molecule has 0 saturated carbocycles. The Morgan fingerprint density at radius 3 is 2.58 bits per heavy atom. The molecule has 8 nitrogen and oxygen atoms in total. The van der Waals surface area contributed by atoms with Crippen LogP contribution in [0.25, 0.3) is 5.69 Å². The summed E-state index contributed by atoms with van der Waals surface area (Å²) in [5.41, 5.74) is 4.15. The lowest BCUT2D eigenvalue weighted by atomic mass is 10.1. The van der Waals surface area contributed by atoms with Gasteiger partial charge in [0.1, 0.15) is 0 Å². The number of nitrogens with zero attached hydrogens (tertiary/aromatic N) is 3. The predicted octanol–water partition coefficient (Wildman–Crippen LogP) is 1.18. The van der Waals surface area contributed by atoms with Gasteiger partial charge in [-0.1, -0.05) is 12.1 Å². The fourth-order valence-corrected chi connectivity index (χ4v) is 6.18. The van der Waals surface area contributed by atoms with Gasteiger partial charge in [0.15, 0.2) is 9.84 Å². The minimum absolute atomic E-state index is 0.0146. The van der Waals surface area contributed by atoms with Gasteiger partial charge in [-0.2, -0.15) is 5.10 Å².